The fourth-order valence-corrected chi connectivity index (χ4v) is 4.81. The topological polar surface area (TPSA) is 62.9 Å². The molecule has 1 aromatic heterocycles. The van der Waals surface area contributed by atoms with Crippen LogP contribution in [0.15, 0.2) is 52.0 Å². The van der Waals surface area contributed by atoms with E-state index < -0.39 is 0 Å². The molecular formula is C21H16Cl2N2O3. The zero-order chi connectivity index (χ0) is 19.4. The molecule has 2 amide bonds. The molecule has 1 aliphatic heterocycles. The fourth-order valence-electron chi connectivity index (χ4n) is 4.51. The summed E-state index contributed by atoms with van der Waals surface area (Å²) in [6, 6.07) is 8.71. The van der Waals surface area contributed by atoms with Gasteiger partial charge in [-0.1, -0.05) is 35.4 Å². The number of fused-ring (bicyclic) bond motifs is 1. The molecule has 0 unspecified atom stereocenters. The lowest BCUT2D eigenvalue weighted by atomic mass is 9.63. The SMILES string of the molecule is O=C1[C@@H]2[C@H](C(=O)N1/N=C\c1ccc(-c3ccc(Cl)c(Cl)c3)o1)[C@H]1C=C[C@H]2CC1. The van der Waals surface area contributed by atoms with E-state index in [9.17, 15) is 9.59 Å². The summed E-state index contributed by atoms with van der Waals surface area (Å²) in [7, 11) is 0. The summed E-state index contributed by atoms with van der Waals surface area (Å²) in [6.45, 7) is 0. The minimum Gasteiger partial charge on any atom is -0.455 e. The quantitative estimate of drug-likeness (QED) is 0.412. The number of nitrogens with zero attached hydrogens (tertiary/aromatic N) is 2. The maximum Gasteiger partial charge on any atom is 0.254 e. The molecule has 1 saturated heterocycles. The Labute approximate surface area is 171 Å². The number of amides is 2. The number of benzene rings is 1. The van der Waals surface area contributed by atoms with Crippen molar-refractivity contribution in [3.8, 4) is 11.3 Å². The first-order chi connectivity index (χ1) is 13.5. The van der Waals surface area contributed by atoms with Crippen LogP contribution in [0, 0.1) is 23.7 Å². The first kappa shape index (κ1) is 17.7. The van der Waals surface area contributed by atoms with Crippen LogP contribution in [0.3, 0.4) is 0 Å². The maximum atomic E-state index is 12.8. The number of hydrogen-bond acceptors (Lipinski definition) is 4. The number of furan rings is 1. The van der Waals surface area contributed by atoms with Crippen LogP contribution in [0.1, 0.15) is 18.6 Å². The maximum absolute atomic E-state index is 12.8. The molecule has 7 heteroatoms. The van der Waals surface area contributed by atoms with Crippen LogP contribution < -0.4 is 0 Å². The Hall–Kier alpha value is -2.37. The highest BCUT2D eigenvalue weighted by molar-refractivity contribution is 6.42. The van der Waals surface area contributed by atoms with Gasteiger partial charge in [0.1, 0.15) is 11.5 Å². The van der Waals surface area contributed by atoms with Gasteiger partial charge in [0.05, 0.1) is 28.1 Å². The molecule has 2 aromatic rings. The van der Waals surface area contributed by atoms with Crippen molar-refractivity contribution in [3.05, 3.63) is 58.3 Å². The second-order valence-corrected chi connectivity index (χ2v) is 8.22. The third kappa shape index (κ3) is 2.73. The van der Waals surface area contributed by atoms with Crippen molar-refractivity contribution in [1.29, 1.82) is 0 Å². The number of allylic oxidation sites excluding steroid dienone is 2. The van der Waals surface area contributed by atoms with Crippen LogP contribution in [-0.4, -0.2) is 23.0 Å². The summed E-state index contributed by atoms with van der Waals surface area (Å²) >= 11 is 12.0. The van der Waals surface area contributed by atoms with E-state index in [2.05, 4.69) is 17.3 Å². The van der Waals surface area contributed by atoms with Crippen LogP contribution >= 0.6 is 23.2 Å². The van der Waals surface area contributed by atoms with Crippen molar-refractivity contribution in [3.63, 3.8) is 0 Å². The van der Waals surface area contributed by atoms with Gasteiger partial charge < -0.3 is 4.42 Å². The van der Waals surface area contributed by atoms with Crippen LogP contribution in [-0.2, 0) is 9.59 Å². The Morgan fingerprint density at radius 2 is 1.64 bits per heavy atom. The molecule has 6 rings (SSSR count). The monoisotopic (exact) mass is 414 g/mol. The third-order valence-electron chi connectivity index (χ3n) is 5.87. The van der Waals surface area contributed by atoms with E-state index in [0.717, 1.165) is 23.4 Å². The van der Waals surface area contributed by atoms with Crippen LogP contribution in [0.2, 0.25) is 10.0 Å². The van der Waals surface area contributed by atoms with E-state index in [-0.39, 0.29) is 35.5 Å². The van der Waals surface area contributed by atoms with E-state index in [1.165, 1.54) is 6.21 Å². The molecule has 28 heavy (non-hydrogen) atoms. The standard InChI is InChI=1S/C21H16Cl2N2O3/c22-15-7-5-13(9-16(15)23)17-8-6-14(28-17)10-24-25-20(26)18-11-1-2-12(4-3-11)19(18)21(25)27/h1-2,5-12,18-19H,3-4H2/b24-10-/t11-,12-,18-,19+/m0/s1. The summed E-state index contributed by atoms with van der Waals surface area (Å²) in [4.78, 5) is 25.5. The lowest BCUT2D eigenvalue weighted by Crippen LogP contribution is -2.38. The summed E-state index contributed by atoms with van der Waals surface area (Å²) in [6.07, 6.45) is 7.51. The summed E-state index contributed by atoms with van der Waals surface area (Å²) in [5, 5.41) is 6.08. The van der Waals surface area contributed by atoms with Crippen LogP contribution in [0.5, 0.6) is 0 Å². The molecule has 4 atom stereocenters. The van der Waals surface area contributed by atoms with Crippen molar-refractivity contribution >= 4 is 41.2 Å². The van der Waals surface area contributed by atoms with Gasteiger partial charge in [-0.05, 0) is 55.0 Å². The number of rotatable bonds is 3. The van der Waals surface area contributed by atoms with Crippen molar-refractivity contribution in [2.45, 2.75) is 12.8 Å². The Bertz CT molecular complexity index is 1010. The molecule has 1 aromatic carbocycles. The van der Waals surface area contributed by atoms with Crippen molar-refractivity contribution < 1.29 is 14.0 Å². The molecule has 0 radical (unpaired) electrons. The third-order valence-corrected chi connectivity index (χ3v) is 6.61. The van der Waals surface area contributed by atoms with E-state index in [4.69, 9.17) is 27.6 Å². The average molecular weight is 415 g/mol. The van der Waals surface area contributed by atoms with E-state index >= 15 is 0 Å². The molecule has 2 heterocycles. The predicted octanol–water partition coefficient (Wildman–Crippen LogP) is 4.78. The second kappa shape index (κ2) is 6.61. The zero-order valence-electron chi connectivity index (χ0n) is 14.7. The highest BCUT2D eigenvalue weighted by Crippen LogP contribution is 2.49. The van der Waals surface area contributed by atoms with E-state index in [1.807, 2.05) is 0 Å². The normalized spacial score (nSPS) is 28.6. The minimum atomic E-state index is -0.267. The zero-order valence-corrected chi connectivity index (χ0v) is 16.2. The lowest BCUT2D eigenvalue weighted by Gasteiger charge is -2.37. The fraction of sp³-hybridized carbons (Fsp3) is 0.286. The van der Waals surface area contributed by atoms with Crippen molar-refractivity contribution in [2.24, 2.45) is 28.8 Å². The number of carbonyl (C=O) groups is 2. The van der Waals surface area contributed by atoms with E-state index in [1.54, 1.807) is 30.3 Å². The number of imide groups is 1. The van der Waals surface area contributed by atoms with Gasteiger partial charge in [0.2, 0.25) is 0 Å². The van der Waals surface area contributed by atoms with Gasteiger partial charge in [-0.25, -0.2) is 0 Å². The molecular weight excluding hydrogens is 399 g/mol. The van der Waals surface area contributed by atoms with Crippen molar-refractivity contribution in [1.82, 2.24) is 5.01 Å². The molecule has 142 valence electrons. The molecule has 5 nitrogen and oxygen atoms in total. The molecule has 0 spiro atoms. The average Bonchev–Trinajstić information content (AvgIpc) is 3.28. The highest BCUT2D eigenvalue weighted by Gasteiger charge is 2.56. The summed E-state index contributed by atoms with van der Waals surface area (Å²) in [5.41, 5.74) is 0.774. The first-order valence-electron chi connectivity index (χ1n) is 9.18. The molecule has 2 bridgehead atoms. The van der Waals surface area contributed by atoms with E-state index in [0.29, 0.717) is 21.6 Å². The minimum absolute atomic E-state index is 0.150. The van der Waals surface area contributed by atoms with Gasteiger partial charge in [-0.3, -0.25) is 9.59 Å². The molecule has 1 saturated carbocycles. The Morgan fingerprint density at radius 1 is 0.964 bits per heavy atom. The number of hydrazone groups is 1. The van der Waals surface area contributed by atoms with Crippen LogP contribution in [0.4, 0.5) is 0 Å². The highest BCUT2D eigenvalue weighted by atomic mass is 35.5. The van der Waals surface area contributed by atoms with Gasteiger partial charge in [0, 0.05) is 5.56 Å². The molecule has 2 fully saturated rings. The first-order valence-corrected chi connectivity index (χ1v) is 9.94. The van der Waals surface area contributed by atoms with Gasteiger partial charge in [-0.2, -0.15) is 10.1 Å². The molecule has 4 aliphatic rings. The molecule has 3 aliphatic carbocycles. The lowest BCUT2D eigenvalue weighted by molar-refractivity contribution is -0.140. The van der Waals surface area contributed by atoms with Crippen molar-refractivity contribution in [2.75, 3.05) is 0 Å². The second-order valence-electron chi connectivity index (χ2n) is 7.41. The number of halogens is 2. The largest absolute Gasteiger partial charge is 0.455 e. The smallest absolute Gasteiger partial charge is 0.254 e. The van der Waals surface area contributed by atoms with Crippen LogP contribution in [0.25, 0.3) is 11.3 Å². The van der Waals surface area contributed by atoms with Gasteiger partial charge in [-0.15, -0.1) is 0 Å². The van der Waals surface area contributed by atoms with Gasteiger partial charge in [0.25, 0.3) is 11.8 Å². The Balaban J connectivity index is 1.37. The summed E-state index contributed by atoms with van der Waals surface area (Å²) in [5.74, 6) is 0.386. The Kier molecular flexibility index (Phi) is 4.18. The number of hydrogen-bond donors (Lipinski definition) is 0. The molecule has 0 N–H and O–H groups in total. The predicted molar refractivity (Wildman–Crippen MR) is 106 cm³/mol. The Morgan fingerprint density at radius 3 is 2.25 bits per heavy atom. The van der Waals surface area contributed by atoms with Gasteiger partial charge in [0.15, 0.2) is 0 Å². The number of carbonyl (C=O) groups excluding carboxylic acids is 2. The summed E-state index contributed by atoms with van der Waals surface area (Å²) < 4.78 is 5.76. The van der Waals surface area contributed by atoms with Gasteiger partial charge >= 0.3 is 0 Å².